The van der Waals surface area contributed by atoms with Crippen LogP contribution in [0.3, 0.4) is 0 Å². The molecule has 48 heavy (non-hydrogen) atoms. The molecular formula is C46H38N2. The van der Waals surface area contributed by atoms with E-state index in [0.717, 1.165) is 18.5 Å². The fourth-order valence-corrected chi connectivity index (χ4v) is 8.33. The summed E-state index contributed by atoms with van der Waals surface area (Å²) in [4.78, 5) is 0. The van der Waals surface area contributed by atoms with Crippen molar-refractivity contribution in [3.8, 4) is 16.8 Å². The third-order valence-electron chi connectivity index (χ3n) is 10.6. The smallest absolute Gasteiger partial charge is 0.0774 e. The van der Waals surface area contributed by atoms with Crippen LogP contribution in [0.1, 0.15) is 60.7 Å². The van der Waals surface area contributed by atoms with Crippen LogP contribution in [0.4, 0.5) is 0 Å². The second kappa shape index (κ2) is 11.3. The molecule has 0 amide bonds. The Morgan fingerprint density at radius 3 is 2.27 bits per heavy atom. The molecule has 6 aromatic rings. The highest BCUT2D eigenvalue weighted by Crippen LogP contribution is 2.53. The number of hydrogen-bond donors (Lipinski definition) is 1. The molecule has 1 aliphatic heterocycles. The monoisotopic (exact) mass is 618 g/mol. The zero-order valence-corrected chi connectivity index (χ0v) is 27.4. The minimum absolute atomic E-state index is 0.0167. The van der Waals surface area contributed by atoms with Crippen LogP contribution in [0.15, 0.2) is 163 Å². The molecule has 1 aromatic heterocycles. The molecule has 5 aromatic carbocycles. The van der Waals surface area contributed by atoms with Gasteiger partial charge in [-0.05, 0) is 76.1 Å². The molecule has 9 rings (SSSR count). The van der Waals surface area contributed by atoms with E-state index in [9.17, 15) is 0 Å². The summed E-state index contributed by atoms with van der Waals surface area (Å²) >= 11 is 0. The summed E-state index contributed by atoms with van der Waals surface area (Å²) in [6, 6.07) is 48.7. The van der Waals surface area contributed by atoms with Gasteiger partial charge in [0.2, 0.25) is 0 Å². The quantitative estimate of drug-likeness (QED) is 0.208. The minimum atomic E-state index is -0.0783. The maximum atomic E-state index is 3.95. The van der Waals surface area contributed by atoms with Gasteiger partial charge in [-0.15, -0.1) is 0 Å². The maximum absolute atomic E-state index is 3.95. The van der Waals surface area contributed by atoms with Crippen LogP contribution in [0.5, 0.6) is 0 Å². The summed E-state index contributed by atoms with van der Waals surface area (Å²) in [5.74, 6) is 0. The summed E-state index contributed by atoms with van der Waals surface area (Å²) in [6.07, 6.45) is 11.4. The first-order chi connectivity index (χ1) is 23.6. The van der Waals surface area contributed by atoms with Crippen molar-refractivity contribution < 1.29 is 0 Å². The van der Waals surface area contributed by atoms with Gasteiger partial charge in [0.15, 0.2) is 0 Å². The highest BCUT2D eigenvalue weighted by atomic mass is 15.0. The van der Waals surface area contributed by atoms with Crippen molar-refractivity contribution in [1.82, 2.24) is 9.88 Å². The topological polar surface area (TPSA) is 17.0 Å². The van der Waals surface area contributed by atoms with E-state index >= 15 is 0 Å². The molecule has 1 atom stereocenters. The number of benzene rings is 5. The van der Waals surface area contributed by atoms with Crippen LogP contribution >= 0.6 is 0 Å². The van der Waals surface area contributed by atoms with Gasteiger partial charge >= 0.3 is 0 Å². The Bertz CT molecular complexity index is 2330. The van der Waals surface area contributed by atoms with E-state index in [-0.39, 0.29) is 11.5 Å². The Hall–Kier alpha value is -5.60. The van der Waals surface area contributed by atoms with Gasteiger partial charge < -0.3 is 9.88 Å². The summed E-state index contributed by atoms with van der Waals surface area (Å²) in [6.45, 7) is 4.84. The van der Waals surface area contributed by atoms with Gasteiger partial charge in [-0.2, -0.15) is 0 Å². The van der Waals surface area contributed by atoms with Gasteiger partial charge in [-0.1, -0.05) is 153 Å². The Morgan fingerprint density at radius 1 is 0.708 bits per heavy atom. The second-order valence-electron chi connectivity index (χ2n) is 13.7. The number of aromatic nitrogens is 1. The molecule has 3 aliphatic rings. The van der Waals surface area contributed by atoms with E-state index in [4.69, 9.17) is 0 Å². The van der Waals surface area contributed by atoms with Crippen molar-refractivity contribution in [2.45, 2.75) is 38.1 Å². The molecule has 0 saturated carbocycles. The van der Waals surface area contributed by atoms with E-state index in [1.54, 1.807) is 0 Å². The van der Waals surface area contributed by atoms with Gasteiger partial charge in [0.1, 0.15) is 0 Å². The third kappa shape index (κ3) is 4.47. The Kier molecular flexibility index (Phi) is 6.72. The van der Waals surface area contributed by atoms with Crippen LogP contribution in [0.2, 0.25) is 0 Å². The lowest BCUT2D eigenvalue weighted by Crippen LogP contribution is -2.24. The lowest BCUT2D eigenvalue weighted by atomic mass is 9.72. The van der Waals surface area contributed by atoms with Gasteiger partial charge in [0, 0.05) is 27.7 Å². The zero-order chi connectivity index (χ0) is 32.2. The highest BCUT2D eigenvalue weighted by Gasteiger charge is 2.37. The first-order valence-electron chi connectivity index (χ1n) is 17.1. The van der Waals surface area contributed by atoms with E-state index < -0.39 is 0 Å². The van der Waals surface area contributed by atoms with Crippen LogP contribution in [0.25, 0.3) is 44.6 Å². The molecule has 1 unspecified atom stereocenters. The summed E-state index contributed by atoms with van der Waals surface area (Å²) < 4.78 is 2.54. The zero-order valence-electron chi connectivity index (χ0n) is 27.4. The molecule has 2 nitrogen and oxygen atoms in total. The van der Waals surface area contributed by atoms with Gasteiger partial charge in [-0.3, -0.25) is 0 Å². The number of allylic oxidation sites excluding steroid dienone is 6. The van der Waals surface area contributed by atoms with Crippen molar-refractivity contribution in [1.29, 1.82) is 0 Å². The summed E-state index contributed by atoms with van der Waals surface area (Å²) in [7, 11) is 0. The Labute approximate surface area is 283 Å². The van der Waals surface area contributed by atoms with Crippen molar-refractivity contribution in [2.24, 2.45) is 0 Å². The number of para-hydroxylation sites is 1. The number of dihydropyridines is 1. The molecule has 0 bridgehead atoms. The number of fused-ring (bicyclic) bond motifs is 6. The van der Waals surface area contributed by atoms with E-state index in [1.165, 1.54) is 72.4 Å². The molecule has 0 radical (unpaired) electrons. The molecule has 232 valence electrons. The van der Waals surface area contributed by atoms with Gasteiger partial charge in [0.05, 0.1) is 17.3 Å². The normalized spacial score (nSPS) is 17.8. The largest absolute Gasteiger partial charge is 0.374 e. The molecule has 2 heterocycles. The molecule has 1 N–H and O–H groups in total. The average Bonchev–Trinajstić information content (AvgIpc) is 3.47. The number of hydrogen-bond acceptors (Lipinski definition) is 1. The fourth-order valence-electron chi connectivity index (χ4n) is 8.33. The second-order valence-corrected chi connectivity index (χ2v) is 13.7. The van der Waals surface area contributed by atoms with Gasteiger partial charge in [-0.25, -0.2) is 0 Å². The van der Waals surface area contributed by atoms with Crippen molar-refractivity contribution >= 4 is 27.7 Å². The van der Waals surface area contributed by atoms with E-state index in [0.29, 0.717) is 0 Å². The van der Waals surface area contributed by atoms with Crippen LogP contribution in [-0.4, -0.2) is 4.57 Å². The molecule has 0 fully saturated rings. The highest BCUT2D eigenvalue weighted by molar-refractivity contribution is 6.07. The number of nitrogens with one attached hydrogen (secondary N) is 1. The predicted octanol–water partition coefficient (Wildman–Crippen LogP) is 11.5. The van der Waals surface area contributed by atoms with Crippen molar-refractivity contribution in [3.05, 3.63) is 191 Å². The standard InChI is InChI=1S/C46H38N2/c1-46(2)39-25-12-9-22-36(39)43-38-24-11-14-27-42(38)48(45(43)37-23-10-13-26-40(37)46)34-21-15-20-33(30-34)44-35(31-16-5-3-6-17-31)28-29-41(47-44)32-18-7-4-8-19-32/h3-12,14-25,27-30,44,47H,13,26H2,1-2H3. The lowest BCUT2D eigenvalue weighted by Gasteiger charge is -2.32. The van der Waals surface area contributed by atoms with Crippen LogP contribution in [-0.2, 0) is 5.41 Å². The number of rotatable bonds is 4. The minimum Gasteiger partial charge on any atom is -0.374 e. The number of nitrogens with zero attached hydrogens (tertiary/aromatic N) is 1. The van der Waals surface area contributed by atoms with Crippen molar-refractivity contribution in [3.63, 3.8) is 0 Å². The fraction of sp³-hybridized carbons (Fsp3) is 0.130. The molecule has 2 heteroatoms. The van der Waals surface area contributed by atoms with E-state index in [2.05, 4.69) is 181 Å². The average molecular weight is 619 g/mol. The Morgan fingerprint density at radius 2 is 1.44 bits per heavy atom. The molecule has 0 spiro atoms. The summed E-state index contributed by atoms with van der Waals surface area (Å²) in [5.41, 5.74) is 16.7. The summed E-state index contributed by atoms with van der Waals surface area (Å²) in [5, 5.41) is 5.24. The van der Waals surface area contributed by atoms with Crippen LogP contribution in [0, 0.1) is 0 Å². The SMILES string of the molecule is CC1(C)C2=C(C=CCC2)c2c(c3ccccc3n2-c2cccc(C3NC(c4ccccc4)=CC=C3c3ccccc3)c2)-c2ccccc21. The molecule has 2 aliphatic carbocycles. The third-order valence-corrected chi connectivity index (χ3v) is 10.6. The molecular weight excluding hydrogens is 581 g/mol. The Balaban J connectivity index is 1.28. The van der Waals surface area contributed by atoms with Crippen molar-refractivity contribution in [2.75, 3.05) is 0 Å². The predicted molar refractivity (Wildman–Crippen MR) is 202 cm³/mol. The van der Waals surface area contributed by atoms with Crippen LogP contribution < -0.4 is 5.32 Å². The van der Waals surface area contributed by atoms with Gasteiger partial charge in [0.25, 0.3) is 0 Å². The van der Waals surface area contributed by atoms with E-state index in [1.807, 2.05) is 0 Å². The lowest BCUT2D eigenvalue weighted by molar-refractivity contribution is 0.596. The first kappa shape index (κ1) is 28.6. The maximum Gasteiger partial charge on any atom is 0.0774 e. The molecule has 0 saturated heterocycles. The first-order valence-corrected chi connectivity index (χ1v) is 17.1.